The van der Waals surface area contributed by atoms with Crippen molar-refractivity contribution in [2.24, 2.45) is 0 Å². The maximum absolute atomic E-state index is 2.35. The fourth-order valence-electron chi connectivity index (χ4n) is 1.79. The normalized spacial score (nSPS) is 11.5. The molecule has 0 aliphatic rings. The summed E-state index contributed by atoms with van der Waals surface area (Å²) in [5.41, 5.74) is 2.69. The van der Waals surface area contributed by atoms with E-state index in [1.165, 1.54) is 0 Å². The summed E-state index contributed by atoms with van der Waals surface area (Å²) in [6.45, 7) is 14.1. The Bertz CT molecular complexity index is 70.5. The SMILES string of the molecule is CC(C)P(C(C)C)C(C)C.Cl. The van der Waals surface area contributed by atoms with E-state index < -0.39 is 0 Å². The molecular weight excluding hydrogens is 175 g/mol. The van der Waals surface area contributed by atoms with Crippen LogP contribution < -0.4 is 0 Å². The van der Waals surface area contributed by atoms with Crippen molar-refractivity contribution >= 4 is 20.3 Å². The lowest BCUT2D eigenvalue weighted by Gasteiger charge is -2.29. The second-order valence-electron chi connectivity index (χ2n) is 3.73. The van der Waals surface area contributed by atoms with E-state index in [4.69, 9.17) is 0 Å². The van der Waals surface area contributed by atoms with Gasteiger partial charge in [-0.05, 0) is 17.0 Å². The largest absolute Gasteiger partial charge is 0.147 e. The van der Waals surface area contributed by atoms with Gasteiger partial charge in [0, 0.05) is 0 Å². The predicted octanol–water partition coefficient (Wildman–Crippen LogP) is 4.12. The minimum Gasteiger partial charge on any atom is -0.147 e. The Labute approximate surface area is 79.3 Å². The molecule has 0 aromatic carbocycles. The molecule has 0 aromatic heterocycles. The van der Waals surface area contributed by atoms with Crippen molar-refractivity contribution in [3.63, 3.8) is 0 Å². The van der Waals surface area contributed by atoms with E-state index in [0.29, 0.717) is 0 Å². The van der Waals surface area contributed by atoms with E-state index in [9.17, 15) is 0 Å². The molecule has 0 aliphatic heterocycles. The first kappa shape index (κ1) is 14.3. The lowest BCUT2D eigenvalue weighted by molar-refractivity contribution is 0.946. The zero-order chi connectivity index (χ0) is 8.31. The summed E-state index contributed by atoms with van der Waals surface area (Å²) >= 11 is 0. The number of hydrogen-bond acceptors (Lipinski definition) is 0. The molecule has 0 aliphatic carbocycles. The average Bonchev–Trinajstić information content (AvgIpc) is 1.59. The number of halogens is 1. The van der Waals surface area contributed by atoms with Crippen LogP contribution in [0.15, 0.2) is 0 Å². The van der Waals surface area contributed by atoms with Gasteiger partial charge in [0.2, 0.25) is 0 Å². The van der Waals surface area contributed by atoms with Crippen molar-refractivity contribution in [1.82, 2.24) is 0 Å². The Kier molecular flexibility index (Phi) is 8.11. The van der Waals surface area contributed by atoms with Crippen LogP contribution in [0, 0.1) is 0 Å². The highest BCUT2D eigenvalue weighted by molar-refractivity contribution is 7.59. The van der Waals surface area contributed by atoms with Gasteiger partial charge in [0.15, 0.2) is 0 Å². The molecule has 0 amide bonds. The Morgan fingerprint density at radius 1 is 0.636 bits per heavy atom. The molecular formula is C9H22ClP. The summed E-state index contributed by atoms with van der Waals surface area (Å²) in [6.07, 6.45) is 0. The molecule has 0 fully saturated rings. The summed E-state index contributed by atoms with van der Waals surface area (Å²) in [7, 11) is 0.262. The molecule has 0 nitrogen and oxygen atoms in total. The first-order valence-corrected chi connectivity index (χ1v) is 5.79. The molecule has 0 spiro atoms. The molecule has 0 heterocycles. The highest BCUT2D eigenvalue weighted by Gasteiger charge is 2.19. The predicted molar refractivity (Wildman–Crippen MR) is 59.6 cm³/mol. The second kappa shape index (κ2) is 6.26. The molecule has 11 heavy (non-hydrogen) atoms. The van der Waals surface area contributed by atoms with Crippen molar-refractivity contribution in [1.29, 1.82) is 0 Å². The van der Waals surface area contributed by atoms with Crippen LogP contribution >= 0.6 is 20.3 Å². The first-order chi connectivity index (χ1) is 4.46. The van der Waals surface area contributed by atoms with Gasteiger partial charge < -0.3 is 0 Å². The van der Waals surface area contributed by atoms with Crippen molar-refractivity contribution in [3.05, 3.63) is 0 Å². The van der Waals surface area contributed by atoms with Crippen molar-refractivity contribution in [2.75, 3.05) is 0 Å². The zero-order valence-corrected chi connectivity index (χ0v) is 10.3. The van der Waals surface area contributed by atoms with Gasteiger partial charge >= 0.3 is 0 Å². The lowest BCUT2D eigenvalue weighted by Crippen LogP contribution is -2.10. The van der Waals surface area contributed by atoms with Crippen LogP contribution in [-0.4, -0.2) is 17.0 Å². The highest BCUT2D eigenvalue weighted by Crippen LogP contribution is 2.49. The Morgan fingerprint density at radius 3 is 0.818 bits per heavy atom. The van der Waals surface area contributed by atoms with Crippen LogP contribution in [0.4, 0.5) is 0 Å². The monoisotopic (exact) mass is 196 g/mol. The van der Waals surface area contributed by atoms with Crippen LogP contribution in [0.2, 0.25) is 0 Å². The molecule has 0 rings (SSSR count). The van der Waals surface area contributed by atoms with E-state index in [2.05, 4.69) is 41.5 Å². The Balaban J connectivity index is 0. The molecule has 70 valence electrons. The van der Waals surface area contributed by atoms with E-state index in [0.717, 1.165) is 17.0 Å². The van der Waals surface area contributed by atoms with Crippen LogP contribution in [0.25, 0.3) is 0 Å². The molecule has 2 heteroatoms. The minimum atomic E-state index is 0. The molecule has 0 unspecified atom stereocenters. The van der Waals surface area contributed by atoms with E-state index in [1.54, 1.807) is 0 Å². The van der Waals surface area contributed by atoms with Crippen LogP contribution in [0.3, 0.4) is 0 Å². The van der Waals surface area contributed by atoms with Crippen molar-refractivity contribution in [3.8, 4) is 0 Å². The highest BCUT2D eigenvalue weighted by atomic mass is 35.5. The summed E-state index contributed by atoms with van der Waals surface area (Å²) in [4.78, 5) is 0. The van der Waals surface area contributed by atoms with Gasteiger partial charge in [0.25, 0.3) is 0 Å². The zero-order valence-electron chi connectivity index (χ0n) is 8.59. The van der Waals surface area contributed by atoms with Crippen LogP contribution in [0.1, 0.15) is 41.5 Å². The van der Waals surface area contributed by atoms with Crippen molar-refractivity contribution in [2.45, 2.75) is 58.5 Å². The lowest BCUT2D eigenvalue weighted by atomic mass is 10.5. The third-order valence-electron chi connectivity index (χ3n) is 1.79. The molecule has 0 atom stereocenters. The number of hydrogen-bond donors (Lipinski definition) is 0. The third-order valence-corrected chi connectivity index (χ3v) is 5.37. The van der Waals surface area contributed by atoms with Crippen LogP contribution in [0.5, 0.6) is 0 Å². The molecule has 0 radical (unpaired) electrons. The van der Waals surface area contributed by atoms with Gasteiger partial charge in [-0.15, -0.1) is 12.4 Å². The second-order valence-corrected chi connectivity index (χ2v) is 7.72. The van der Waals surface area contributed by atoms with Gasteiger partial charge in [0.05, 0.1) is 0 Å². The van der Waals surface area contributed by atoms with Gasteiger partial charge in [-0.1, -0.05) is 49.5 Å². The van der Waals surface area contributed by atoms with Crippen LogP contribution in [-0.2, 0) is 0 Å². The molecule has 0 bridgehead atoms. The van der Waals surface area contributed by atoms with Crippen molar-refractivity contribution < 1.29 is 0 Å². The molecule has 0 aromatic rings. The molecule has 0 N–H and O–H groups in total. The standard InChI is InChI=1S/C9H21P.ClH/c1-7(2)10(8(3)4)9(5)6;/h7-9H,1-6H3;1H. The molecule has 0 saturated heterocycles. The summed E-state index contributed by atoms with van der Waals surface area (Å²) < 4.78 is 0. The van der Waals surface area contributed by atoms with Gasteiger partial charge in [-0.25, -0.2) is 0 Å². The topological polar surface area (TPSA) is 0 Å². The van der Waals surface area contributed by atoms with Gasteiger partial charge in [0.1, 0.15) is 0 Å². The van der Waals surface area contributed by atoms with E-state index in [1.807, 2.05) is 0 Å². The first-order valence-electron chi connectivity index (χ1n) is 4.24. The molecule has 0 saturated carbocycles. The summed E-state index contributed by atoms with van der Waals surface area (Å²) in [6, 6.07) is 0. The average molecular weight is 197 g/mol. The number of rotatable bonds is 3. The Morgan fingerprint density at radius 2 is 0.818 bits per heavy atom. The Hall–Kier alpha value is 0.720. The maximum Gasteiger partial charge on any atom is -0.0261 e. The fraction of sp³-hybridized carbons (Fsp3) is 1.00. The van der Waals surface area contributed by atoms with E-state index in [-0.39, 0.29) is 20.3 Å². The summed E-state index contributed by atoms with van der Waals surface area (Å²) in [5, 5.41) is 0. The van der Waals surface area contributed by atoms with Gasteiger partial charge in [-0.3, -0.25) is 0 Å². The fourth-order valence-corrected chi connectivity index (χ4v) is 5.37. The maximum atomic E-state index is 2.35. The quantitative estimate of drug-likeness (QED) is 0.596. The third kappa shape index (κ3) is 5.04. The van der Waals surface area contributed by atoms with E-state index >= 15 is 0 Å². The van der Waals surface area contributed by atoms with Gasteiger partial charge in [-0.2, -0.15) is 0 Å². The minimum absolute atomic E-state index is 0. The summed E-state index contributed by atoms with van der Waals surface area (Å²) in [5.74, 6) is 0. The smallest absolute Gasteiger partial charge is 0.0261 e.